The van der Waals surface area contributed by atoms with E-state index in [9.17, 15) is 18.0 Å². The molecule has 0 fully saturated rings. The molecule has 0 saturated heterocycles. The van der Waals surface area contributed by atoms with Crippen molar-refractivity contribution in [3.05, 3.63) is 65.7 Å². The molecule has 2 aromatic carbocycles. The number of nitrogens with one attached hydrogen (secondary N) is 1. The SMILES string of the molecule is CCOCCOc1ccc(/N=N/c2cc3sc(NC(=O)c4ccc(C(F)(F)F)cc4)nc3s2)cc1. The number of hydrogen-bond acceptors (Lipinski definition) is 8. The van der Waals surface area contributed by atoms with E-state index < -0.39 is 17.6 Å². The summed E-state index contributed by atoms with van der Waals surface area (Å²) in [4.78, 5) is 17.4. The molecule has 0 aliphatic heterocycles. The molecule has 0 unspecified atom stereocenters. The van der Waals surface area contributed by atoms with Crippen LogP contribution in [-0.2, 0) is 10.9 Å². The Bertz CT molecular complexity index is 1290. The second-order valence-corrected chi connectivity index (χ2v) is 9.08. The van der Waals surface area contributed by atoms with Crippen LogP contribution in [0.15, 0.2) is 64.8 Å². The third-order valence-corrected chi connectivity index (χ3v) is 6.53. The second kappa shape index (κ2) is 10.9. The minimum Gasteiger partial charge on any atom is -0.491 e. The number of thiophene rings is 1. The molecule has 35 heavy (non-hydrogen) atoms. The van der Waals surface area contributed by atoms with Gasteiger partial charge in [-0.15, -0.1) is 10.2 Å². The summed E-state index contributed by atoms with van der Waals surface area (Å²) in [5.41, 5.74) is -0.0413. The molecule has 0 aliphatic rings. The van der Waals surface area contributed by atoms with Crippen LogP contribution in [0, 0.1) is 0 Å². The van der Waals surface area contributed by atoms with Crippen LogP contribution in [0.2, 0.25) is 0 Å². The molecule has 0 radical (unpaired) electrons. The van der Waals surface area contributed by atoms with Crippen molar-refractivity contribution in [3.8, 4) is 5.75 Å². The maximum atomic E-state index is 12.7. The summed E-state index contributed by atoms with van der Waals surface area (Å²) in [6.45, 7) is 3.58. The van der Waals surface area contributed by atoms with E-state index in [1.165, 1.54) is 22.7 Å². The van der Waals surface area contributed by atoms with Gasteiger partial charge in [0.05, 0.1) is 22.6 Å². The predicted octanol–water partition coefficient (Wildman–Crippen LogP) is 7.46. The first kappa shape index (κ1) is 24.8. The van der Waals surface area contributed by atoms with E-state index in [-0.39, 0.29) is 5.56 Å². The highest BCUT2D eigenvalue weighted by atomic mass is 32.1. The van der Waals surface area contributed by atoms with Gasteiger partial charge in [0, 0.05) is 12.2 Å². The highest BCUT2D eigenvalue weighted by molar-refractivity contribution is 7.30. The number of benzene rings is 2. The van der Waals surface area contributed by atoms with Crippen molar-refractivity contribution in [2.45, 2.75) is 13.1 Å². The Kier molecular flexibility index (Phi) is 7.73. The molecule has 182 valence electrons. The van der Waals surface area contributed by atoms with E-state index in [1.807, 2.05) is 6.92 Å². The lowest BCUT2D eigenvalue weighted by Crippen LogP contribution is -2.12. The van der Waals surface area contributed by atoms with Gasteiger partial charge in [-0.1, -0.05) is 22.7 Å². The number of ether oxygens (including phenoxy) is 2. The van der Waals surface area contributed by atoms with Crippen LogP contribution in [0.25, 0.3) is 9.53 Å². The summed E-state index contributed by atoms with van der Waals surface area (Å²) < 4.78 is 49.6. The molecule has 12 heteroatoms. The monoisotopic (exact) mass is 520 g/mol. The van der Waals surface area contributed by atoms with Gasteiger partial charge in [0.2, 0.25) is 0 Å². The lowest BCUT2D eigenvalue weighted by Gasteiger charge is -2.07. The molecule has 1 amide bonds. The van der Waals surface area contributed by atoms with Gasteiger partial charge in [-0.05, 0) is 61.5 Å². The van der Waals surface area contributed by atoms with Gasteiger partial charge in [0.15, 0.2) is 5.13 Å². The highest BCUT2D eigenvalue weighted by Gasteiger charge is 2.30. The third kappa shape index (κ3) is 6.62. The van der Waals surface area contributed by atoms with Crippen LogP contribution < -0.4 is 10.1 Å². The summed E-state index contributed by atoms with van der Waals surface area (Å²) in [6, 6.07) is 13.0. The number of anilines is 1. The summed E-state index contributed by atoms with van der Waals surface area (Å²) in [5.74, 6) is 0.181. The fourth-order valence-electron chi connectivity index (χ4n) is 2.88. The number of amides is 1. The van der Waals surface area contributed by atoms with Gasteiger partial charge in [0.1, 0.15) is 22.2 Å². The van der Waals surface area contributed by atoms with E-state index >= 15 is 0 Å². The van der Waals surface area contributed by atoms with Gasteiger partial charge in [-0.25, -0.2) is 4.98 Å². The van der Waals surface area contributed by atoms with Crippen LogP contribution in [0.4, 0.5) is 29.0 Å². The molecule has 2 aromatic heterocycles. The summed E-state index contributed by atoms with van der Waals surface area (Å²) >= 11 is 2.55. The van der Waals surface area contributed by atoms with Crippen molar-refractivity contribution in [2.24, 2.45) is 10.2 Å². The van der Waals surface area contributed by atoms with Crippen molar-refractivity contribution in [1.82, 2.24) is 4.98 Å². The minimum absolute atomic E-state index is 0.108. The third-order valence-electron chi connectivity index (χ3n) is 4.57. The number of carbonyl (C=O) groups is 1. The maximum Gasteiger partial charge on any atom is 0.416 e. The largest absolute Gasteiger partial charge is 0.491 e. The first-order chi connectivity index (χ1) is 16.8. The van der Waals surface area contributed by atoms with Crippen molar-refractivity contribution in [3.63, 3.8) is 0 Å². The average molecular weight is 521 g/mol. The number of halogens is 3. The van der Waals surface area contributed by atoms with Gasteiger partial charge in [-0.2, -0.15) is 13.2 Å². The van der Waals surface area contributed by atoms with E-state index in [2.05, 4.69) is 20.5 Å². The standard InChI is InChI=1S/C23H19F3N4O3S2/c1-2-32-11-12-33-17-9-7-16(8-10-17)29-30-19-13-18-21(35-19)28-22(34-18)27-20(31)14-3-5-15(6-4-14)23(24,25)26/h3-10,13H,2,11-12H2,1H3,(H,27,28,31)/b30-29+. The molecule has 0 aliphatic carbocycles. The Labute approximate surface area is 206 Å². The van der Waals surface area contributed by atoms with Crippen LogP contribution in [-0.4, -0.2) is 30.7 Å². The summed E-state index contributed by atoms with van der Waals surface area (Å²) in [7, 11) is 0. The highest BCUT2D eigenvalue weighted by Crippen LogP contribution is 2.38. The zero-order valence-electron chi connectivity index (χ0n) is 18.3. The first-order valence-electron chi connectivity index (χ1n) is 10.4. The minimum atomic E-state index is -4.45. The van der Waals surface area contributed by atoms with Crippen molar-refractivity contribution >= 4 is 53.9 Å². The Hall–Kier alpha value is -3.35. The molecule has 0 saturated carbocycles. The van der Waals surface area contributed by atoms with E-state index in [0.29, 0.717) is 40.5 Å². The quantitative estimate of drug-likeness (QED) is 0.183. The lowest BCUT2D eigenvalue weighted by atomic mass is 10.1. The normalized spacial score (nSPS) is 11.9. The van der Waals surface area contributed by atoms with E-state index in [4.69, 9.17) is 9.47 Å². The number of fused-ring (bicyclic) bond motifs is 1. The molecule has 0 atom stereocenters. The number of aromatic nitrogens is 1. The van der Waals surface area contributed by atoms with E-state index in [1.54, 1.807) is 30.3 Å². The Morgan fingerprint density at radius 3 is 2.43 bits per heavy atom. The number of azo groups is 1. The number of thiazole rings is 1. The number of hydrogen-bond donors (Lipinski definition) is 1. The fraction of sp³-hybridized carbons (Fsp3) is 0.217. The first-order valence-corrected chi connectivity index (χ1v) is 12.1. The zero-order chi connectivity index (χ0) is 24.8. The van der Waals surface area contributed by atoms with Gasteiger partial charge in [0.25, 0.3) is 5.91 Å². The zero-order valence-corrected chi connectivity index (χ0v) is 20.0. The molecular formula is C23H19F3N4O3S2. The van der Waals surface area contributed by atoms with Crippen LogP contribution in [0.5, 0.6) is 5.75 Å². The maximum absolute atomic E-state index is 12.7. The van der Waals surface area contributed by atoms with Crippen molar-refractivity contribution in [1.29, 1.82) is 0 Å². The molecular weight excluding hydrogens is 501 g/mol. The van der Waals surface area contributed by atoms with Gasteiger partial charge >= 0.3 is 6.18 Å². The van der Waals surface area contributed by atoms with Crippen LogP contribution in [0.1, 0.15) is 22.8 Å². The van der Waals surface area contributed by atoms with E-state index in [0.717, 1.165) is 34.7 Å². The summed E-state index contributed by atoms with van der Waals surface area (Å²) in [6.07, 6.45) is -4.45. The summed E-state index contributed by atoms with van der Waals surface area (Å²) in [5, 5.41) is 12.1. The topological polar surface area (TPSA) is 85.2 Å². The Morgan fingerprint density at radius 1 is 1.03 bits per heavy atom. The van der Waals surface area contributed by atoms with Crippen molar-refractivity contribution in [2.75, 3.05) is 25.1 Å². The molecule has 2 heterocycles. The molecule has 0 bridgehead atoms. The van der Waals surface area contributed by atoms with Crippen molar-refractivity contribution < 1.29 is 27.4 Å². The number of alkyl halides is 3. The van der Waals surface area contributed by atoms with Gasteiger partial charge < -0.3 is 9.47 Å². The Balaban J connectivity index is 1.35. The van der Waals surface area contributed by atoms with Gasteiger partial charge in [-0.3, -0.25) is 10.1 Å². The lowest BCUT2D eigenvalue weighted by molar-refractivity contribution is -0.137. The fourth-order valence-corrected chi connectivity index (χ4v) is 4.81. The number of rotatable bonds is 9. The molecule has 4 aromatic rings. The van der Waals surface area contributed by atoms with Crippen LogP contribution >= 0.6 is 22.7 Å². The molecule has 1 N–H and O–H groups in total. The molecule has 7 nitrogen and oxygen atoms in total. The molecule has 0 spiro atoms. The Morgan fingerprint density at radius 2 is 1.77 bits per heavy atom. The average Bonchev–Trinajstić information content (AvgIpc) is 3.39. The smallest absolute Gasteiger partial charge is 0.416 e. The molecule has 4 rings (SSSR count). The second-order valence-electron chi connectivity index (χ2n) is 7.04. The predicted molar refractivity (Wildman–Crippen MR) is 130 cm³/mol. The number of nitrogens with zero attached hydrogens (tertiary/aromatic N) is 3. The number of carbonyl (C=O) groups excluding carboxylic acids is 1. The van der Waals surface area contributed by atoms with Crippen LogP contribution in [0.3, 0.4) is 0 Å².